The number of rotatable bonds is 4. The summed E-state index contributed by atoms with van der Waals surface area (Å²) in [5.74, 6) is -3.49. The number of aromatic nitrogens is 2. The van der Waals surface area contributed by atoms with E-state index in [1.165, 1.54) is 0 Å². The monoisotopic (exact) mass is 240 g/mol. The number of H-pyrrole nitrogens is 1. The zero-order chi connectivity index (χ0) is 13.0. The summed E-state index contributed by atoms with van der Waals surface area (Å²) in [5.41, 5.74) is 3.61. The number of nitrogens with zero attached hydrogens (tertiary/aromatic N) is 1. The summed E-state index contributed by atoms with van der Waals surface area (Å²) in [6, 6.07) is 0. The highest BCUT2D eigenvalue weighted by Gasteiger charge is 2.13. The SMILES string of the molecule is NC(=O)c1cnc(C(=O)NCC(=O)O)[nH]c1=O. The molecule has 1 heterocycles. The maximum Gasteiger partial charge on any atom is 0.322 e. The second kappa shape index (κ2) is 4.88. The van der Waals surface area contributed by atoms with Crippen LogP contribution < -0.4 is 16.6 Å². The van der Waals surface area contributed by atoms with Gasteiger partial charge in [-0.05, 0) is 0 Å². The van der Waals surface area contributed by atoms with E-state index < -0.39 is 35.7 Å². The first-order chi connectivity index (χ1) is 7.91. The van der Waals surface area contributed by atoms with Crippen LogP contribution in [0.3, 0.4) is 0 Å². The van der Waals surface area contributed by atoms with Gasteiger partial charge in [0.15, 0.2) is 5.82 Å². The third kappa shape index (κ3) is 3.12. The summed E-state index contributed by atoms with van der Waals surface area (Å²) in [4.78, 5) is 48.9. The van der Waals surface area contributed by atoms with Crippen LogP contribution >= 0.6 is 0 Å². The molecule has 2 amide bonds. The molecule has 1 aromatic heterocycles. The van der Waals surface area contributed by atoms with Gasteiger partial charge in [-0.3, -0.25) is 19.2 Å². The van der Waals surface area contributed by atoms with Crippen LogP contribution in [0.4, 0.5) is 0 Å². The number of aliphatic carboxylic acids is 1. The number of carboxylic acids is 1. The Labute approximate surface area is 93.7 Å². The maximum absolute atomic E-state index is 11.3. The van der Waals surface area contributed by atoms with E-state index >= 15 is 0 Å². The van der Waals surface area contributed by atoms with Gasteiger partial charge in [-0.2, -0.15) is 0 Å². The van der Waals surface area contributed by atoms with Crippen molar-refractivity contribution in [2.75, 3.05) is 6.54 Å². The van der Waals surface area contributed by atoms with Crippen molar-refractivity contribution in [1.29, 1.82) is 0 Å². The Morgan fingerprint density at radius 3 is 2.59 bits per heavy atom. The molecule has 0 atom stereocenters. The second-order valence-corrected chi connectivity index (χ2v) is 2.92. The molecule has 1 rings (SSSR count). The van der Waals surface area contributed by atoms with Crippen LogP contribution in [0.25, 0.3) is 0 Å². The van der Waals surface area contributed by atoms with Gasteiger partial charge >= 0.3 is 5.97 Å². The fourth-order valence-corrected chi connectivity index (χ4v) is 0.925. The van der Waals surface area contributed by atoms with Crippen LogP contribution in [0, 0.1) is 0 Å². The van der Waals surface area contributed by atoms with Gasteiger partial charge in [0.2, 0.25) is 0 Å². The zero-order valence-corrected chi connectivity index (χ0v) is 8.39. The van der Waals surface area contributed by atoms with E-state index in [9.17, 15) is 19.2 Å². The normalized spacial score (nSPS) is 9.65. The van der Waals surface area contributed by atoms with Crippen LogP contribution in [-0.4, -0.2) is 39.4 Å². The number of nitrogens with two attached hydrogens (primary N) is 1. The van der Waals surface area contributed by atoms with Crippen LogP contribution in [0.2, 0.25) is 0 Å². The lowest BCUT2D eigenvalue weighted by molar-refractivity contribution is -0.135. The van der Waals surface area contributed by atoms with E-state index in [-0.39, 0.29) is 5.56 Å². The van der Waals surface area contributed by atoms with Crippen molar-refractivity contribution in [1.82, 2.24) is 15.3 Å². The van der Waals surface area contributed by atoms with Crippen LogP contribution in [-0.2, 0) is 4.79 Å². The van der Waals surface area contributed by atoms with Crippen molar-refractivity contribution in [3.8, 4) is 0 Å². The highest BCUT2D eigenvalue weighted by atomic mass is 16.4. The van der Waals surface area contributed by atoms with E-state index in [2.05, 4.69) is 4.98 Å². The van der Waals surface area contributed by atoms with E-state index in [1.54, 1.807) is 0 Å². The highest BCUT2D eigenvalue weighted by molar-refractivity contribution is 5.94. The van der Waals surface area contributed by atoms with E-state index in [1.807, 2.05) is 10.3 Å². The standard InChI is InChI=1S/C8H8N4O5/c9-5(15)3-1-10-6(12-7(3)16)8(17)11-2-4(13)14/h1H,2H2,(H2,9,15)(H,11,17)(H,13,14)(H,10,12,16). The molecule has 9 nitrogen and oxygen atoms in total. The predicted molar refractivity (Wildman–Crippen MR) is 53.3 cm³/mol. The van der Waals surface area contributed by atoms with Gasteiger partial charge in [-0.15, -0.1) is 0 Å². The minimum Gasteiger partial charge on any atom is -0.480 e. The van der Waals surface area contributed by atoms with E-state index in [4.69, 9.17) is 10.8 Å². The predicted octanol–water partition coefficient (Wildman–Crippen LogP) is -2.32. The fourth-order valence-electron chi connectivity index (χ4n) is 0.925. The van der Waals surface area contributed by atoms with E-state index in [0.717, 1.165) is 6.20 Å². The molecule has 0 aliphatic heterocycles. The van der Waals surface area contributed by atoms with Crippen molar-refractivity contribution in [3.63, 3.8) is 0 Å². The number of aromatic amines is 1. The minimum absolute atomic E-state index is 0.389. The average Bonchev–Trinajstić information content (AvgIpc) is 2.25. The Kier molecular flexibility index (Phi) is 3.55. The lowest BCUT2D eigenvalue weighted by Gasteiger charge is -2.01. The molecule has 0 unspecified atom stereocenters. The molecule has 0 aliphatic carbocycles. The molecular weight excluding hydrogens is 232 g/mol. The minimum atomic E-state index is -1.24. The van der Waals surface area contributed by atoms with Gasteiger partial charge in [0.25, 0.3) is 17.4 Å². The number of carbonyl (C=O) groups is 3. The zero-order valence-electron chi connectivity index (χ0n) is 8.39. The van der Waals surface area contributed by atoms with Crippen molar-refractivity contribution in [2.24, 2.45) is 5.73 Å². The molecule has 0 aliphatic rings. The van der Waals surface area contributed by atoms with Gasteiger partial charge < -0.3 is 21.1 Å². The first kappa shape index (κ1) is 12.4. The van der Waals surface area contributed by atoms with Crippen molar-refractivity contribution < 1.29 is 19.5 Å². The molecule has 0 saturated carbocycles. The van der Waals surface area contributed by atoms with Gasteiger partial charge in [-0.25, -0.2) is 4.98 Å². The molecule has 0 saturated heterocycles. The molecule has 0 fully saturated rings. The Hall–Kier alpha value is -2.71. The Morgan fingerprint density at radius 2 is 2.12 bits per heavy atom. The van der Waals surface area contributed by atoms with Crippen LogP contribution in [0.15, 0.2) is 11.0 Å². The summed E-state index contributed by atoms with van der Waals surface area (Å²) in [6.07, 6.45) is 0.844. The van der Waals surface area contributed by atoms with E-state index in [0.29, 0.717) is 0 Å². The quantitative estimate of drug-likeness (QED) is 0.463. The number of primary amides is 1. The van der Waals surface area contributed by atoms with Crippen LogP contribution in [0.1, 0.15) is 21.0 Å². The molecule has 0 bridgehead atoms. The molecule has 5 N–H and O–H groups in total. The smallest absolute Gasteiger partial charge is 0.322 e. The van der Waals surface area contributed by atoms with Crippen molar-refractivity contribution in [2.45, 2.75) is 0 Å². The molecule has 0 spiro atoms. The number of carboxylic acid groups (broad SMARTS) is 1. The molecular formula is C8H8N4O5. The molecule has 0 radical (unpaired) electrons. The van der Waals surface area contributed by atoms with Gasteiger partial charge in [0.05, 0.1) is 0 Å². The van der Waals surface area contributed by atoms with Gasteiger partial charge in [0.1, 0.15) is 12.1 Å². The van der Waals surface area contributed by atoms with Gasteiger partial charge in [0, 0.05) is 6.20 Å². The first-order valence-corrected chi connectivity index (χ1v) is 4.31. The molecule has 9 heteroatoms. The Bertz CT molecular complexity index is 535. The average molecular weight is 240 g/mol. The number of hydrogen-bond donors (Lipinski definition) is 4. The number of hydrogen-bond acceptors (Lipinski definition) is 5. The molecule has 90 valence electrons. The van der Waals surface area contributed by atoms with Gasteiger partial charge in [-0.1, -0.05) is 0 Å². The largest absolute Gasteiger partial charge is 0.480 e. The summed E-state index contributed by atoms with van der Waals surface area (Å²) in [7, 11) is 0. The first-order valence-electron chi connectivity index (χ1n) is 4.31. The lowest BCUT2D eigenvalue weighted by atomic mass is 10.3. The third-order valence-electron chi connectivity index (χ3n) is 1.68. The summed E-state index contributed by atoms with van der Waals surface area (Å²) >= 11 is 0. The lowest BCUT2D eigenvalue weighted by Crippen LogP contribution is -2.33. The summed E-state index contributed by atoms with van der Waals surface area (Å²) in [6.45, 7) is -0.611. The topological polar surface area (TPSA) is 155 Å². The Balaban J connectivity index is 2.90. The molecule has 17 heavy (non-hydrogen) atoms. The second-order valence-electron chi connectivity index (χ2n) is 2.92. The summed E-state index contributed by atoms with van der Waals surface area (Å²) in [5, 5.41) is 10.3. The van der Waals surface area contributed by atoms with Crippen LogP contribution in [0.5, 0.6) is 0 Å². The summed E-state index contributed by atoms with van der Waals surface area (Å²) < 4.78 is 0. The number of carbonyl (C=O) groups excluding carboxylic acids is 2. The molecule has 1 aromatic rings. The third-order valence-corrected chi connectivity index (χ3v) is 1.68. The van der Waals surface area contributed by atoms with Crippen molar-refractivity contribution >= 4 is 17.8 Å². The Morgan fingerprint density at radius 1 is 1.47 bits per heavy atom. The molecule has 0 aromatic carbocycles. The fraction of sp³-hybridized carbons (Fsp3) is 0.125. The highest BCUT2D eigenvalue weighted by Crippen LogP contribution is 1.89. The number of amides is 2. The number of nitrogens with one attached hydrogen (secondary N) is 2. The maximum atomic E-state index is 11.3. The van der Waals surface area contributed by atoms with Crippen molar-refractivity contribution in [3.05, 3.63) is 27.9 Å².